The Hall–Kier alpha value is -0.820. The van der Waals surface area contributed by atoms with Crippen LogP contribution in [0.2, 0.25) is 10.0 Å². The Morgan fingerprint density at radius 2 is 1.83 bits per heavy atom. The van der Waals surface area contributed by atoms with Crippen molar-refractivity contribution in [2.75, 3.05) is 13.6 Å². The Morgan fingerprint density at radius 3 is 2.28 bits per heavy atom. The largest absolute Gasteiger partial charge is 0.369 e. The van der Waals surface area contributed by atoms with E-state index < -0.39 is 15.9 Å². The molecule has 0 saturated heterocycles. The van der Waals surface area contributed by atoms with Crippen molar-refractivity contribution in [3.8, 4) is 0 Å². The number of likely N-dealkylation sites (N-methyl/N-ethyl adjacent to an activating group) is 1. The van der Waals surface area contributed by atoms with Gasteiger partial charge in [0, 0.05) is 22.7 Å². The molecule has 100 valence electrons. The molecule has 0 saturated carbocycles. The molecule has 5 nitrogen and oxygen atoms in total. The van der Waals surface area contributed by atoms with Gasteiger partial charge in [0.2, 0.25) is 15.9 Å². The SMILES string of the molecule is CN(CC(N)=O)S(=O)(=O)Cc1c(Cl)cccc1Cl. The topological polar surface area (TPSA) is 80.5 Å². The van der Waals surface area contributed by atoms with Gasteiger partial charge < -0.3 is 5.73 Å². The van der Waals surface area contributed by atoms with Gasteiger partial charge in [-0.1, -0.05) is 29.3 Å². The Morgan fingerprint density at radius 1 is 1.33 bits per heavy atom. The first-order chi connectivity index (χ1) is 8.24. The molecular weight excluding hydrogens is 299 g/mol. The second-order valence-corrected chi connectivity index (χ2v) is 6.57. The Balaban J connectivity index is 2.99. The monoisotopic (exact) mass is 310 g/mol. The third-order valence-electron chi connectivity index (χ3n) is 2.24. The summed E-state index contributed by atoms with van der Waals surface area (Å²) in [5.41, 5.74) is 5.25. The third kappa shape index (κ3) is 3.84. The summed E-state index contributed by atoms with van der Waals surface area (Å²) in [5, 5.41) is 0.525. The molecule has 0 aromatic heterocycles. The van der Waals surface area contributed by atoms with Crippen molar-refractivity contribution in [1.29, 1.82) is 0 Å². The maximum absolute atomic E-state index is 11.9. The molecule has 8 heteroatoms. The number of hydrogen-bond acceptors (Lipinski definition) is 3. The van der Waals surface area contributed by atoms with Crippen LogP contribution in [0.15, 0.2) is 18.2 Å². The van der Waals surface area contributed by atoms with Gasteiger partial charge in [-0.2, -0.15) is 4.31 Å². The molecule has 2 N–H and O–H groups in total. The van der Waals surface area contributed by atoms with E-state index in [1.165, 1.54) is 7.05 Å². The van der Waals surface area contributed by atoms with Gasteiger partial charge in [-0.15, -0.1) is 0 Å². The van der Waals surface area contributed by atoms with Crippen LogP contribution >= 0.6 is 23.2 Å². The van der Waals surface area contributed by atoms with Crippen LogP contribution in [0.1, 0.15) is 5.56 Å². The highest BCUT2D eigenvalue weighted by molar-refractivity contribution is 7.88. The van der Waals surface area contributed by atoms with E-state index in [-0.39, 0.29) is 22.3 Å². The highest BCUT2D eigenvalue weighted by Gasteiger charge is 2.22. The highest BCUT2D eigenvalue weighted by Crippen LogP contribution is 2.26. The van der Waals surface area contributed by atoms with E-state index in [0.29, 0.717) is 5.56 Å². The van der Waals surface area contributed by atoms with Gasteiger partial charge >= 0.3 is 0 Å². The molecule has 1 amide bonds. The molecule has 0 unspecified atom stereocenters. The molecule has 0 bridgehead atoms. The van der Waals surface area contributed by atoms with Crippen LogP contribution in [-0.2, 0) is 20.6 Å². The van der Waals surface area contributed by atoms with Crippen molar-refractivity contribution in [3.05, 3.63) is 33.8 Å². The lowest BCUT2D eigenvalue weighted by atomic mass is 10.2. The average Bonchev–Trinajstić information content (AvgIpc) is 2.22. The fourth-order valence-electron chi connectivity index (χ4n) is 1.28. The fraction of sp³-hybridized carbons (Fsp3) is 0.300. The molecule has 0 aliphatic rings. The van der Waals surface area contributed by atoms with Gasteiger partial charge in [0.15, 0.2) is 0 Å². The maximum Gasteiger partial charge on any atom is 0.232 e. The van der Waals surface area contributed by atoms with E-state index in [4.69, 9.17) is 28.9 Å². The van der Waals surface area contributed by atoms with Crippen LogP contribution < -0.4 is 5.73 Å². The minimum atomic E-state index is -3.69. The van der Waals surface area contributed by atoms with Gasteiger partial charge in [0.1, 0.15) is 0 Å². The molecule has 0 fully saturated rings. The quantitative estimate of drug-likeness (QED) is 0.888. The van der Waals surface area contributed by atoms with Gasteiger partial charge in [-0.25, -0.2) is 8.42 Å². The third-order valence-corrected chi connectivity index (χ3v) is 4.68. The van der Waals surface area contributed by atoms with E-state index in [1.54, 1.807) is 18.2 Å². The molecule has 1 aromatic carbocycles. The van der Waals surface area contributed by atoms with Crippen molar-refractivity contribution in [1.82, 2.24) is 4.31 Å². The van der Waals surface area contributed by atoms with E-state index in [2.05, 4.69) is 0 Å². The highest BCUT2D eigenvalue weighted by atomic mass is 35.5. The number of sulfonamides is 1. The molecule has 0 atom stereocenters. The number of nitrogens with two attached hydrogens (primary N) is 1. The zero-order valence-electron chi connectivity index (χ0n) is 9.56. The first-order valence-corrected chi connectivity index (χ1v) is 7.26. The lowest BCUT2D eigenvalue weighted by Gasteiger charge is -2.16. The minimum absolute atomic E-state index is 0.263. The number of primary amides is 1. The summed E-state index contributed by atoms with van der Waals surface area (Å²) in [6, 6.07) is 4.71. The number of nitrogens with zero attached hydrogens (tertiary/aromatic N) is 1. The predicted molar refractivity (Wildman–Crippen MR) is 70.9 cm³/mol. The lowest BCUT2D eigenvalue weighted by molar-refractivity contribution is -0.118. The summed E-state index contributed by atoms with van der Waals surface area (Å²) >= 11 is 11.8. The molecule has 18 heavy (non-hydrogen) atoms. The first-order valence-electron chi connectivity index (χ1n) is 4.89. The van der Waals surface area contributed by atoms with E-state index in [9.17, 15) is 13.2 Å². The number of carbonyl (C=O) groups excluding carboxylic acids is 1. The van der Waals surface area contributed by atoms with Crippen LogP contribution in [-0.4, -0.2) is 32.2 Å². The molecular formula is C10H12Cl2N2O3S. The molecule has 0 radical (unpaired) electrons. The summed E-state index contributed by atoms with van der Waals surface area (Å²) in [6.45, 7) is -0.385. The fourth-order valence-corrected chi connectivity index (χ4v) is 3.19. The lowest BCUT2D eigenvalue weighted by Crippen LogP contribution is -2.36. The number of amides is 1. The van der Waals surface area contributed by atoms with Crippen LogP contribution in [0.25, 0.3) is 0 Å². The van der Waals surface area contributed by atoms with Crippen molar-refractivity contribution in [2.45, 2.75) is 5.75 Å². The maximum atomic E-state index is 11.9. The van der Waals surface area contributed by atoms with Crippen molar-refractivity contribution in [3.63, 3.8) is 0 Å². The molecule has 0 aliphatic carbocycles. The second kappa shape index (κ2) is 5.88. The Bertz CT molecular complexity index is 540. The standard InChI is InChI=1S/C10H12Cl2N2O3S/c1-14(5-10(13)15)18(16,17)6-7-8(11)3-2-4-9(7)12/h2-4H,5-6H2,1H3,(H2,13,15). The van der Waals surface area contributed by atoms with Crippen molar-refractivity contribution < 1.29 is 13.2 Å². The molecule has 1 aromatic rings. The minimum Gasteiger partial charge on any atom is -0.369 e. The number of hydrogen-bond donors (Lipinski definition) is 1. The smallest absolute Gasteiger partial charge is 0.232 e. The molecule has 0 heterocycles. The molecule has 1 rings (SSSR count). The summed E-state index contributed by atoms with van der Waals surface area (Å²) in [4.78, 5) is 10.7. The summed E-state index contributed by atoms with van der Waals surface area (Å²) in [5.74, 6) is -1.11. The van der Waals surface area contributed by atoms with Crippen molar-refractivity contribution >= 4 is 39.1 Å². The van der Waals surface area contributed by atoms with E-state index in [1.807, 2.05) is 0 Å². The molecule has 0 spiro atoms. The van der Waals surface area contributed by atoms with Crippen LogP contribution in [0, 0.1) is 0 Å². The van der Waals surface area contributed by atoms with Gasteiger partial charge in [0.05, 0.1) is 12.3 Å². The predicted octanol–water partition coefficient (Wildman–Crippen LogP) is 1.24. The van der Waals surface area contributed by atoms with E-state index in [0.717, 1.165) is 4.31 Å². The Labute approximate surface area is 116 Å². The summed E-state index contributed by atoms with van der Waals surface area (Å²) < 4.78 is 24.8. The molecule has 0 aliphatic heterocycles. The second-order valence-electron chi connectivity index (χ2n) is 3.68. The van der Waals surface area contributed by atoms with E-state index >= 15 is 0 Å². The summed E-state index contributed by atoms with van der Waals surface area (Å²) in [6.07, 6.45) is 0. The van der Waals surface area contributed by atoms with Crippen LogP contribution in [0.3, 0.4) is 0 Å². The number of rotatable bonds is 5. The van der Waals surface area contributed by atoms with Crippen LogP contribution in [0.4, 0.5) is 0 Å². The van der Waals surface area contributed by atoms with Gasteiger partial charge in [-0.3, -0.25) is 4.79 Å². The number of carbonyl (C=O) groups is 1. The normalized spacial score (nSPS) is 11.8. The van der Waals surface area contributed by atoms with Gasteiger partial charge in [0.25, 0.3) is 0 Å². The zero-order chi connectivity index (χ0) is 13.9. The summed E-state index contributed by atoms with van der Waals surface area (Å²) in [7, 11) is -2.42. The van der Waals surface area contributed by atoms with Crippen LogP contribution in [0.5, 0.6) is 0 Å². The Kier molecular flexibility index (Phi) is 4.98. The average molecular weight is 311 g/mol. The van der Waals surface area contributed by atoms with Crippen molar-refractivity contribution in [2.24, 2.45) is 5.73 Å². The number of halogens is 2. The zero-order valence-corrected chi connectivity index (χ0v) is 11.9. The van der Waals surface area contributed by atoms with Gasteiger partial charge in [-0.05, 0) is 12.1 Å². The first kappa shape index (κ1) is 15.2. The number of benzene rings is 1.